The van der Waals surface area contributed by atoms with E-state index in [1.54, 1.807) is 12.1 Å². The molecule has 4 heteroatoms. The fraction of sp³-hybridized carbons (Fsp3) is 0.462. The Morgan fingerprint density at radius 3 is 2.41 bits per heavy atom. The van der Waals surface area contributed by atoms with E-state index < -0.39 is 5.97 Å². The molecule has 94 valence electrons. The molecule has 0 aromatic heterocycles. The van der Waals surface area contributed by atoms with Crippen LogP contribution < -0.4 is 4.90 Å². The summed E-state index contributed by atoms with van der Waals surface area (Å²) in [6.45, 7) is 7.27. The zero-order valence-electron chi connectivity index (χ0n) is 10.6. The molecule has 0 bridgehead atoms. The standard InChI is InChI=1S/C13H18ClNO2/c1-13(2,3)8-15(4)11-6-5-9(12(16)17)7-10(11)14/h5-7H,8H2,1-4H3,(H,16,17). The minimum atomic E-state index is -0.961. The highest BCUT2D eigenvalue weighted by Gasteiger charge is 2.16. The van der Waals surface area contributed by atoms with Gasteiger partial charge in [-0.05, 0) is 23.6 Å². The largest absolute Gasteiger partial charge is 0.478 e. The van der Waals surface area contributed by atoms with Gasteiger partial charge < -0.3 is 10.0 Å². The van der Waals surface area contributed by atoms with Gasteiger partial charge in [-0.3, -0.25) is 0 Å². The number of nitrogens with zero attached hydrogens (tertiary/aromatic N) is 1. The highest BCUT2D eigenvalue weighted by molar-refractivity contribution is 6.33. The van der Waals surface area contributed by atoms with E-state index in [4.69, 9.17) is 16.7 Å². The second-order valence-electron chi connectivity index (χ2n) is 5.39. The predicted octanol–water partition coefficient (Wildman–Crippen LogP) is 3.52. The fourth-order valence-electron chi connectivity index (χ4n) is 1.75. The van der Waals surface area contributed by atoms with Crippen LogP contribution in [0, 0.1) is 5.41 Å². The van der Waals surface area contributed by atoms with Crippen LogP contribution in [-0.2, 0) is 0 Å². The molecule has 0 aliphatic carbocycles. The average Bonchev–Trinajstić information content (AvgIpc) is 2.14. The Morgan fingerprint density at radius 2 is 2.00 bits per heavy atom. The third-order valence-corrected chi connectivity index (χ3v) is 2.62. The fourth-order valence-corrected chi connectivity index (χ4v) is 2.07. The topological polar surface area (TPSA) is 40.5 Å². The van der Waals surface area contributed by atoms with E-state index in [0.717, 1.165) is 12.2 Å². The Hall–Kier alpha value is -1.22. The zero-order chi connectivity index (χ0) is 13.2. The molecule has 0 amide bonds. The Kier molecular flexibility index (Phi) is 4.04. The maximum atomic E-state index is 10.8. The van der Waals surface area contributed by atoms with Crippen LogP contribution in [0.2, 0.25) is 5.02 Å². The number of hydrogen-bond donors (Lipinski definition) is 1. The molecular formula is C13H18ClNO2. The number of aromatic carboxylic acids is 1. The zero-order valence-corrected chi connectivity index (χ0v) is 11.4. The minimum absolute atomic E-state index is 0.156. The first kappa shape index (κ1) is 13.8. The van der Waals surface area contributed by atoms with Gasteiger partial charge >= 0.3 is 5.97 Å². The minimum Gasteiger partial charge on any atom is -0.478 e. The van der Waals surface area contributed by atoms with Crippen molar-refractivity contribution in [3.8, 4) is 0 Å². The van der Waals surface area contributed by atoms with E-state index in [9.17, 15) is 4.79 Å². The molecule has 0 aliphatic heterocycles. The van der Waals surface area contributed by atoms with Crippen molar-refractivity contribution in [2.45, 2.75) is 20.8 Å². The summed E-state index contributed by atoms with van der Waals surface area (Å²) in [6.07, 6.45) is 0. The van der Waals surface area contributed by atoms with Crippen LogP contribution >= 0.6 is 11.6 Å². The summed E-state index contributed by atoms with van der Waals surface area (Å²) in [5.74, 6) is -0.961. The first-order valence-electron chi connectivity index (χ1n) is 5.45. The van der Waals surface area contributed by atoms with Gasteiger partial charge in [0.05, 0.1) is 16.3 Å². The molecule has 0 spiro atoms. The Labute approximate surface area is 107 Å². The third-order valence-electron chi connectivity index (χ3n) is 2.32. The van der Waals surface area contributed by atoms with Gasteiger partial charge in [-0.25, -0.2) is 4.79 Å². The van der Waals surface area contributed by atoms with Crippen LogP contribution in [-0.4, -0.2) is 24.7 Å². The Morgan fingerprint density at radius 1 is 1.41 bits per heavy atom. The molecule has 0 atom stereocenters. The summed E-state index contributed by atoms with van der Waals surface area (Å²) >= 11 is 6.09. The summed E-state index contributed by atoms with van der Waals surface area (Å²) < 4.78 is 0. The van der Waals surface area contributed by atoms with E-state index in [2.05, 4.69) is 20.8 Å². The number of benzene rings is 1. The van der Waals surface area contributed by atoms with Crippen molar-refractivity contribution in [2.24, 2.45) is 5.41 Å². The van der Waals surface area contributed by atoms with Crippen LogP contribution in [0.15, 0.2) is 18.2 Å². The lowest BCUT2D eigenvalue weighted by Crippen LogP contribution is -2.29. The van der Waals surface area contributed by atoms with Crippen LogP contribution in [0.1, 0.15) is 31.1 Å². The molecule has 1 N–H and O–H groups in total. The lowest BCUT2D eigenvalue weighted by molar-refractivity contribution is 0.0697. The highest BCUT2D eigenvalue weighted by Crippen LogP contribution is 2.28. The van der Waals surface area contributed by atoms with Crippen LogP contribution in [0.5, 0.6) is 0 Å². The molecule has 0 radical (unpaired) electrons. The van der Waals surface area contributed by atoms with Gasteiger partial charge in [0.2, 0.25) is 0 Å². The van der Waals surface area contributed by atoms with Crippen molar-refractivity contribution in [3.63, 3.8) is 0 Å². The number of rotatable bonds is 3. The molecule has 1 aromatic rings. The molecule has 0 aliphatic rings. The first-order chi connectivity index (χ1) is 7.70. The Bertz CT molecular complexity index is 424. The number of carboxylic acids is 1. The maximum absolute atomic E-state index is 10.8. The second-order valence-corrected chi connectivity index (χ2v) is 5.80. The van der Waals surface area contributed by atoms with Crippen molar-refractivity contribution < 1.29 is 9.90 Å². The SMILES string of the molecule is CN(CC(C)(C)C)c1ccc(C(=O)O)cc1Cl. The molecular weight excluding hydrogens is 238 g/mol. The first-order valence-corrected chi connectivity index (χ1v) is 5.82. The summed E-state index contributed by atoms with van der Waals surface area (Å²) in [4.78, 5) is 12.8. The lowest BCUT2D eigenvalue weighted by Gasteiger charge is -2.29. The van der Waals surface area contributed by atoms with Gasteiger partial charge in [0.1, 0.15) is 0 Å². The summed E-state index contributed by atoms with van der Waals surface area (Å²) in [5.41, 5.74) is 1.22. The normalized spacial score (nSPS) is 11.4. The number of halogens is 1. The monoisotopic (exact) mass is 255 g/mol. The summed E-state index contributed by atoms with van der Waals surface area (Å²) in [6, 6.07) is 4.80. The molecule has 0 fully saturated rings. The summed E-state index contributed by atoms with van der Waals surface area (Å²) in [5, 5.41) is 9.32. The molecule has 0 saturated carbocycles. The number of hydrogen-bond acceptors (Lipinski definition) is 2. The molecule has 1 rings (SSSR count). The van der Waals surface area contributed by atoms with Gasteiger partial charge in [-0.1, -0.05) is 32.4 Å². The van der Waals surface area contributed by atoms with Crippen molar-refractivity contribution in [1.82, 2.24) is 0 Å². The van der Waals surface area contributed by atoms with Crippen molar-refractivity contribution in [2.75, 3.05) is 18.5 Å². The van der Waals surface area contributed by atoms with Crippen LogP contribution in [0.25, 0.3) is 0 Å². The van der Waals surface area contributed by atoms with Crippen molar-refractivity contribution in [1.29, 1.82) is 0 Å². The van der Waals surface area contributed by atoms with Crippen molar-refractivity contribution in [3.05, 3.63) is 28.8 Å². The number of carbonyl (C=O) groups is 1. The molecule has 0 heterocycles. The quantitative estimate of drug-likeness (QED) is 0.898. The van der Waals surface area contributed by atoms with Gasteiger partial charge in [-0.2, -0.15) is 0 Å². The molecule has 0 saturated heterocycles. The molecule has 1 aromatic carbocycles. The molecule has 17 heavy (non-hydrogen) atoms. The maximum Gasteiger partial charge on any atom is 0.335 e. The number of carboxylic acid groups (broad SMARTS) is 1. The van der Waals surface area contributed by atoms with Crippen molar-refractivity contribution >= 4 is 23.3 Å². The van der Waals surface area contributed by atoms with E-state index in [-0.39, 0.29) is 11.0 Å². The molecule has 3 nitrogen and oxygen atoms in total. The second kappa shape index (κ2) is 4.96. The van der Waals surface area contributed by atoms with Gasteiger partial charge in [-0.15, -0.1) is 0 Å². The van der Waals surface area contributed by atoms with E-state index in [0.29, 0.717) is 5.02 Å². The van der Waals surface area contributed by atoms with Crippen LogP contribution in [0.4, 0.5) is 5.69 Å². The molecule has 0 unspecified atom stereocenters. The average molecular weight is 256 g/mol. The van der Waals surface area contributed by atoms with E-state index in [1.165, 1.54) is 6.07 Å². The summed E-state index contributed by atoms with van der Waals surface area (Å²) in [7, 11) is 1.95. The van der Waals surface area contributed by atoms with Gasteiger partial charge in [0.15, 0.2) is 0 Å². The van der Waals surface area contributed by atoms with Gasteiger partial charge in [0, 0.05) is 13.6 Å². The predicted molar refractivity (Wildman–Crippen MR) is 71.1 cm³/mol. The lowest BCUT2D eigenvalue weighted by atomic mass is 9.96. The third kappa shape index (κ3) is 3.93. The Balaban J connectivity index is 2.96. The van der Waals surface area contributed by atoms with Gasteiger partial charge in [0.25, 0.3) is 0 Å². The smallest absolute Gasteiger partial charge is 0.335 e. The van der Waals surface area contributed by atoms with E-state index >= 15 is 0 Å². The number of anilines is 1. The van der Waals surface area contributed by atoms with Crippen LogP contribution in [0.3, 0.4) is 0 Å². The highest BCUT2D eigenvalue weighted by atomic mass is 35.5. The van der Waals surface area contributed by atoms with E-state index in [1.807, 2.05) is 11.9 Å².